The Balaban J connectivity index is 1.60. The molecular weight excluding hydrogens is 311 g/mol. The summed E-state index contributed by atoms with van der Waals surface area (Å²) < 4.78 is 19.3. The van der Waals surface area contributed by atoms with E-state index in [-0.39, 0.29) is 29.5 Å². The number of benzene rings is 1. The van der Waals surface area contributed by atoms with Gasteiger partial charge in [-0.2, -0.15) is 0 Å². The highest BCUT2D eigenvalue weighted by molar-refractivity contribution is 5.90. The molecule has 2 aliphatic rings. The first-order valence-corrected chi connectivity index (χ1v) is 8.58. The maximum absolute atomic E-state index is 13.6. The minimum Gasteiger partial charge on any atom is -0.392 e. The van der Waals surface area contributed by atoms with E-state index < -0.39 is 0 Å². The van der Waals surface area contributed by atoms with E-state index in [1.54, 1.807) is 24.0 Å². The first kappa shape index (κ1) is 17.2. The molecule has 1 aromatic rings. The van der Waals surface area contributed by atoms with Crippen molar-refractivity contribution >= 4 is 11.7 Å². The molecule has 1 saturated heterocycles. The molecule has 1 aliphatic carbocycles. The molecule has 3 rings (SSSR count). The number of hydrogen-bond donors (Lipinski definition) is 2. The molecule has 2 atom stereocenters. The van der Waals surface area contributed by atoms with Crippen molar-refractivity contribution in [1.29, 1.82) is 0 Å². The fourth-order valence-electron chi connectivity index (χ4n) is 3.88. The quantitative estimate of drug-likeness (QED) is 0.892. The minimum absolute atomic E-state index is 0.0909. The SMILES string of the molecule is CCO[C@H]1C[C@H](O)C12CCN(C(=O)Nc1cccc(F)c1C)CC2. The van der Waals surface area contributed by atoms with Crippen molar-refractivity contribution in [2.45, 2.75) is 45.3 Å². The topological polar surface area (TPSA) is 61.8 Å². The van der Waals surface area contributed by atoms with Crippen LogP contribution in [0.3, 0.4) is 0 Å². The number of hydrogen-bond acceptors (Lipinski definition) is 3. The van der Waals surface area contributed by atoms with Gasteiger partial charge in [0.05, 0.1) is 12.2 Å². The summed E-state index contributed by atoms with van der Waals surface area (Å²) in [5.74, 6) is -0.331. The van der Waals surface area contributed by atoms with Crippen LogP contribution in [-0.4, -0.2) is 47.9 Å². The van der Waals surface area contributed by atoms with Crippen molar-refractivity contribution in [2.24, 2.45) is 5.41 Å². The number of nitrogens with one attached hydrogen (secondary N) is 1. The van der Waals surface area contributed by atoms with Gasteiger partial charge in [0.1, 0.15) is 5.82 Å². The van der Waals surface area contributed by atoms with Crippen LogP contribution in [-0.2, 0) is 4.74 Å². The van der Waals surface area contributed by atoms with Gasteiger partial charge in [0.15, 0.2) is 0 Å². The lowest BCUT2D eigenvalue weighted by atomic mass is 9.58. The van der Waals surface area contributed by atoms with Gasteiger partial charge in [-0.05, 0) is 38.8 Å². The number of piperidine rings is 1. The normalized spacial score (nSPS) is 25.4. The van der Waals surface area contributed by atoms with Crippen LogP contribution in [0.15, 0.2) is 18.2 Å². The summed E-state index contributed by atoms with van der Waals surface area (Å²) in [6.45, 7) is 5.39. The molecule has 1 heterocycles. The number of amides is 2. The van der Waals surface area contributed by atoms with Gasteiger partial charge in [-0.3, -0.25) is 0 Å². The first-order valence-electron chi connectivity index (χ1n) is 8.58. The molecule has 1 aliphatic heterocycles. The minimum atomic E-state index is -0.343. The smallest absolute Gasteiger partial charge is 0.321 e. The van der Waals surface area contributed by atoms with E-state index >= 15 is 0 Å². The molecule has 0 aromatic heterocycles. The first-order chi connectivity index (χ1) is 11.5. The summed E-state index contributed by atoms with van der Waals surface area (Å²) in [6.07, 6.45) is 1.89. The highest BCUT2D eigenvalue weighted by Crippen LogP contribution is 2.50. The van der Waals surface area contributed by atoms with Crippen LogP contribution in [0.1, 0.15) is 31.7 Å². The van der Waals surface area contributed by atoms with E-state index in [2.05, 4.69) is 5.32 Å². The summed E-state index contributed by atoms with van der Waals surface area (Å²) in [5, 5.41) is 13.0. The van der Waals surface area contributed by atoms with Crippen LogP contribution in [0.4, 0.5) is 14.9 Å². The van der Waals surface area contributed by atoms with Gasteiger partial charge >= 0.3 is 6.03 Å². The number of nitrogens with zero attached hydrogens (tertiary/aromatic N) is 1. The number of likely N-dealkylation sites (tertiary alicyclic amines) is 1. The number of carbonyl (C=O) groups excluding carboxylic acids is 1. The van der Waals surface area contributed by atoms with Crippen LogP contribution in [0.2, 0.25) is 0 Å². The number of urea groups is 1. The van der Waals surface area contributed by atoms with Gasteiger partial charge in [0.25, 0.3) is 0 Å². The Kier molecular flexibility index (Phi) is 4.78. The molecule has 0 bridgehead atoms. The van der Waals surface area contributed by atoms with Gasteiger partial charge in [-0.1, -0.05) is 6.07 Å². The number of ether oxygens (including phenoxy) is 1. The van der Waals surface area contributed by atoms with Gasteiger partial charge in [0, 0.05) is 42.8 Å². The summed E-state index contributed by atoms with van der Waals surface area (Å²) >= 11 is 0. The highest BCUT2D eigenvalue weighted by atomic mass is 19.1. The van der Waals surface area contributed by atoms with E-state index in [0.717, 1.165) is 12.8 Å². The molecular formula is C18H25FN2O3. The second kappa shape index (κ2) is 6.69. The maximum atomic E-state index is 13.6. The largest absolute Gasteiger partial charge is 0.392 e. The standard InChI is InChI=1S/C18H25FN2O3/c1-3-24-16-11-15(22)18(16)7-9-21(10-8-18)17(23)20-14-6-4-5-13(19)12(14)2/h4-6,15-16,22H,3,7-11H2,1-2H3,(H,20,23)/t15-,16-/m0/s1. The monoisotopic (exact) mass is 336 g/mol. The number of aliphatic hydroxyl groups excluding tert-OH is 1. The fraction of sp³-hybridized carbons (Fsp3) is 0.611. The van der Waals surface area contributed by atoms with Crippen molar-refractivity contribution in [3.8, 4) is 0 Å². The number of carbonyl (C=O) groups is 1. The molecule has 0 unspecified atom stereocenters. The number of rotatable bonds is 3. The average molecular weight is 336 g/mol. The van der Waals surface area contributed by atoms with Gasteiger partial charge in [0.2, 0.25) is 0 Å². The molecule has 1 aromatic carbocycles. The number of aliphatic hydroxyl groups is 1. The van der Waals surface area contributed by atoms with E-state index in [4.69, 9.17) is 4.74 Å². The lowest BCUT2D eigenvalue weighted by molar-refractivity contribution is -0.207. The zero-order chi connectivity index (χ0) is 17.3. The molecule has 1 saturated carbocycles. The average Bonchev–Trinajstić information content (AvgIpc) is 2.59. The Hall–Kier alpha value is -1.66. The molecule has 24 heavy (non-hydrogen) atoms. The molecule has 0 radical (unpaired) electrons. The van der Waals surface area contributed by atoms with Crippen molar-refractivity contribution in [2.75, 3.05) is 25.0 Å². The highest BCUT2D eigenvalue weighted by Gasteiger charge is 2.56. The zero-order valence-corrected chi connectivity index (χ0v) is 14.2. The summed E-state index contributed by atoms with van der Waals surface area (Å²) in [4.78, 5) is 14.2. The lowest BCUT2D eigenvalue weighted by Gasteiger charge is -2.56. The Bertz CT molecular complexity index is 612. The third-order valence-electron chi connectivity index (χ3n) is 5.60. The molecule has 2 N–H and O–H groups in total. The van der Waals surface area contributed by atoms with Crippen molar-refractivity contribution in [3.63, 3.8) is 0 Å². The van der Waals surface area contributed by atoms with E-state index in [1.807, 2.05) is 6.92 Å². The predicted octanol–water partition coefficient (Wildman–Crippen LogP) is 2.92. The van der Waals surface area contributed by atoms with Gasteiger partial charge < -0.3 is 20.1 Å². The van der Waals surface area contributed by atoms with E-state index in [9.17, 15) is 14.3 Å². The molecule has 6 heteroatoms. The zero-order valence-electron chi connectivity index (χ0n) is 14.2. The second-order valence-electron chi connectivity index (χ2n) is 6.76. The van der Waals surface area contributed by atoms with Crippen molar-refractivity contribution in [1.82, 2.24) is 4.90 Å². The molecule has 2 amide bonds. The number of halogens is 1. The predicted molar refractivity (Wildman–Crippen MR) is 89.4 cm³/mol. The molecule has 132 valence electrons. The summed E-state index contributed by atoms with van der Waals surface area (Å²) in [5.41, 5.74) is 0.725. The number of anilines is 1. The Morgan fingerprint density at radius 1 is 1.46 bits per heavy atom. The summed E-state index contributed by atoms with van der Waals surface area (Å²) in [6, 6.07) is 4.44. The van der Waals surface area contributed by atoms with Crippen LogP contribution in [0, 0.1) is 18.2 Å². The summed E-state index contributed by atoms with van der Waals surface area (Å²) in [7, 11) is 0. The maximum Gasteiger partial charge on any atom is 0.321 e. The van der Waals surface area contributed by atoms with Gasteiger partial charge in [-0.25, -0.2) is 9.18 Å². The van der Waals surface area contributed by atoms with Crippen LogP contribution in [0.5, 0.6) is 0 Å². The Labute approximate surface area is 141 Å². The second-order valence-corrected chi connectivity index (χ2v) is 6.76. The van der Waals surface area contributed by atoms with Crippen LogP contribution >= 0.6 is 0 Å². The molecule has 5 nitrogen and oxygen atoms in total. The lowest BCUT2D eigenvalue weighted by Crippen LogP contribution is -2.63. The Morgan fingerprint density at radius 3 is 2.79 bits per heavy atom. The van der Waals surface area contributed by atoms with Crippen molar-refractivity contribution < 1.29 is 19.0 Å². The fourth-order valence-corrected chi connectivity index (χ4v) is 3.88. The van der Waals surface area contributed by atoms with Crippen molar-refractivity contribution in [3.05, 3.63) is 29.6 Å². The third-order valence-corrected chi connectivity index (χ3v) is 5.60. The Morgan fingerprint density at radius 2 is 2.17 bits per heavy atom. The molecule has 2 fully saturated rings. The van der Waals surface area contributed by atoms with Gasteiger partial charge in [-0.15, -0.1) is 0 Å². The third kappa shape index (κ3) is 2.89. The van der Waals surface area contributed by atoms with E-state index in [1.165, 1.54) is 6.07 Å². The van der Waals surface area contributed by atoms with Crippen LogP contribution < -0.4 is 5.32 Å². The van der Waals surface area contributed by atoms with Crippen LogP contribution in [0.25, 0.3) is 0 Å². The van der Waals surface area contributed by atoms with E-state index in [0.29, 0.717) is 37.4 Å². The molecule has 1 spiro atoms.